The van der Waals surface area contributed by atoms with E-state index in [4.69, 9.17) is 42.1 Å². The van der Waals surface area contributed by atoms with E-state index in [0.717, 1.165) is 45.2 Å². The van der Waals surface area contributed by atoms with E-state index in [-0.39, 0.29) is 44.5 Å². The number of piperidine rings is 2. The molecule has 3 heterocycles. The van der Waals surface area contributed by atoms with Crippen LogP contribution in [0.5, 0.6) is 11.5 Å². The zero-order chi connectivity index (χ0) is 40.1. The number of carbonyl (C=O) groups is 2. The van der Waals surface area contributed by atoms with Crippen molar-refractivity contribution in [1.29, 1.82) is 0 Å². The van der Waals surface area contributed by atoms with E-state index in [2.05, 4.69) is 14.6 Å². The third-order valence-electron chi connectivity index (χ3n) is 10.3. The number of ether oxygens (including phenoxy) is 4. The summed E-state index contributed by atoms with van der Waals surface area (Å²) in [6.45, 7) is -0.276. The SMILES string of the molecule is O=C(O[C@@H](Cc1c(Cl)cncc1Cl)c1ccc(OC(F)F)c(OCC2CC2)c1)c1ccc(S(=O)(=O)NC(C(=O)O[C@@H]2CC3CCCN(C3)C2)c2ccccc2)cc1. The molecule has 4 aromatic rings. The average molecular weight is 845 g/mol. The van der Waals surface area contributed by atoms with Crippen molar-refractivity contribution in [2.75, 3.05) is 26.2 Å². The van der Waals surface area contributed by atoms with Crippen LogP contribution in [-0.4, -0.2) is 69.2 Å². The fourth-order valence-corrected chi connectivity index (χ4v) is 8.91. The fraction of sp³-hybridized carbons (Fsp3) is 0.390. The van der Waals surface area contributed by atoms with E-state index in [1.807, 2.05) is 0 Å². The lowest BCUT2D eigenvalue weighted by molar-refractivity contribution is -0.156. The van der Waals surface area contributed by atoms with Gasteiger partial charge in [0.25, 0.3) is 0 Å². The van der Waals surface area contributed by atoms with Gasteiger partial charge in [-0.05, 0) is 104 Å². The van der Waals surface area contributed by atoms with Crippen molar-refractivity contribution >= 4 is 45.2 Å². The summed E-state index contributed by atoms with van der Waals surface area (Å²) in [5, 5.41) is 0.426. The van der Waals surface area contributed by atoms with Crippen LogP contribution in [0, 0.1) is 11.8 Å². The Balaban J connectivity index is 1.10. The van der Waals surface area contributed by atoms with Crippen molar-refractivity contribution in [2.45, 2.75) is 68.3 Å². The highest BCUT2D eigenvalue weighted by atomic mass is 35.5. The monoisotopic (exact) mass is 843 g/mol. The van der Waals surface area contributed by atoms with E-state index < -0.39 is 40.7 Å². The number of aromatic nitrogens is 1. The molecule has 0 radical (unpaired) electrons. The lowest BCUT2D eigenvalue weighted by Gasteiger charge is -2.41. The first kappa shape index (κ1) is 40.8. The number of carbonyl (C=O) groups excluding carboxylic acids is 2. The second-order valence-electron chi connectivity index (χ2n) is 14.6. The number of nitrogens with one attached hydrogen (secondary N) is 1. The summed E-state index contributed by atoms with van der Waals surface area (Å²) < 4.78 is 79.0. The van der Waals surface area contributed by atoms with Crippen LogP contribution in [0.4, 0.5) is 8.78 Å². The molecule has 7 rings (SSSR count). The maximum absolute atomic E-state index is 13.8. The Morgan fingerprint density at radius 3 is 2.33 bits per heavy atom. The second kappa shape index (κ2) is 18.1. The first-order valence-electron chi connectivity index (χ1n) is 18.7. The van der Waals surface area contributed by atoms with Gasteiger partial charge < -0.3 is 18.9 Å². The van der Waals surface area contributed by atoms with Gasteiger partial charge >= 0.3 is 18.6 Å². The van der Waals surface area contributed by atoms with E-state index in [0.29, 0.717) is 41.7 Å². The van der Waals surface area contributed by atoms with Crippen LogP contribution in [0.25, 0.3) is 0 Å². The van der Waals surface area contributed by atoms with Crippen LogP contribution in [0.3, 0.4) is 0 Å². The van der Waals surface area contributed by atoms with E-state index >= 15 is 0 Å². The zero-order valence-corrected chi connectivity index (χ0v) is 33.0. The minimum atomic E-state index is -4.32. The molecule has 302 valence electrons. The van der Waals surface area contributed by atoms with E-state index in [1.165, 1.54) is 54.9 Å². The Labute approximate surface area is 339 Å². The summed E-state index contributed by atoms with van der Waals surface area (Å²) >= 11 is 12.9. The molecule has 1 aliphatic carbocycles. The number of rotatable bonds is 16. The molecule has 3 aliphatic rings. The molecule has 1 saturated carbocycles. The van der Waals surface area contributed by atoms with Crippen molar-refractivity contribution in [3.8, 4) is 11.5 Å². The molecule has 5 atom stereocenters. The molecule has 11 nitrogen and oxygen atoms in total. The number of halogens is 4. The van der Waals surface area contributed by atoms with Crippen LogP contribution >= 0.6 is 23.2 Å². The van der Waals surface area contributed by atoms with Gasteiger partial charge in [0.1, 0.15) is 18.2 Å². The summed E-state index contributed by atoms with van der Waals surface area (Å²) in [6.07, 6.45) is 6.15. The van der Waals surface area contributed by atoms with Crippen LogP contribution in [-0.2, 0) is 30.7 Å². The average Bonchev–Trinajstić information content (AvgIpc) is 4.02. The summed E-state index contributed by atoms with van der Waals surface area (Å²) in [4.78, 5) is 33.4. The Morgan fingerprint density at radius 1 is 0.912 bits per heavy atom. The molecular weight excluding hydrogens is 803 g/mol. The van der Waals surface area contributed by atoms with Crippen molar-refractivity contribution in [1.82, 2.24) is 14.6 Å². The van der Waals surface area contributed by atoms with Crippen LogP contribution in [0.2, 0.25) is 10.0 Å². The molecule has 0 amide bonds. The molecule has 2 bridgehead atoms. The normalized spacial score (nSPS) is 20.3. The molecule has 0 spiro atoms. The van der Waals surface area contributed by atoms with Crippen molar-refractivity contribution in [2.24, 2.45) is 11.8 Å². The van der Waals surface area contributed by atoms with Gasteiger partial charge in [0, 0.05) is 31.9 Å². The van der Waals surface area contributed by atoms with Gasteiger partial charge in [0.05, 0.1) is 27.1 Å². The van der Waals surface area contributed by atoms with Crippen LogP contribution in [0.1, 0.15) is 71.3 Å². The quantitative estimate of drug-likeness (QED) is 0.111. The summed E-state index contributed by atoms with van der Waals surface area (Å²) in [5.74, 6) is -0.929. The molecule has 3 fully saturated rings. The Hall–Kier alpha value is -4.34. The first-order chi connectivity index (χ1) is 27.4. The summed E-state index contributed by atoms with van der Waals surface area (Å²) in [7, 11) is -4.32. The number of hydrogen-bond donors (Lipinski definition) is 1. The molecule has 16 heteroatoms. The fourth-order valence-electron chi connectivity index (χ4n) is 7.22. The van der Waals surface area contributed by atoms with Crippen molar-refractivity contribution in [3.63, 3.8) is 0 Å². The lowest BCUT2D eigenvalue weighted by atomic mass is 9.88. The van der Waals surface area contributed by atoms with Gasteiger partial charge in [0.2, 0.25) is 10.0 Å². The number of hydrogen-bond acceptors (Lipinski definition) is 10. The molecule has 3 unspecified atom stereocenters. The van der Waals surface area contributed by atoms with Crippen molar-refractivity contribution in [3.05, 3.63) is 117 Å². The highest BCUT2D eigenvalue weighted by molar-refractivity contribution is 7.89. The molecular formula is C41H41Cl2F2N3O8S. The minimum absolute atomic E-state index is 0.00518. The Morgan fingerprint density at radius 2 is 1.65 bits per heavy atom. The topological polar surface area (TPSA) is 133 Å². The van der Waals surface area contributed by atoms with Crippen LogP contribution in [0.15, 0.2) is 90.1 Å². The highest BCUT2D eigenvalue weighted by Gasteiger charge is 2.36. The summed E-state index contributed by atoms with van der Waals surface area (Å²) in [6, 6.07) is 16.4. The number of fused-ring (bicyclic) bond motifs is 2. The van der Waals surface area contributed by atoms with Gasteiger partial charge in [-0.15, -0.1) is 0 Å². The van der Waals surface area contributed by atoms with Gasteiger partial charge in [0.15, 0.2) is 11.5 Å². The summed E-state index contributed by atoms with van der Waals surface area (Å²) in [5.41, 5.74) is 1.21. The molecule has 2 saturated heterocycles. The van der Waals surface area contributed by atoms with Gasteiger partial charge in [-0.1, -0.05) is 59.6 Å². The number of pyridine rings is 1. The minimum Gasteiger partial charge on any atom is -0.489 e. The number of esters is 2. The van der Waals surface area contributed by atoms with Crippen LogP contribution < -0.4 is 14.2 Å². The number of sulfonamides is 1. The molecule has 2 aliphatic heterocycles. The number of nitrogens with zero attached hydrogens (tertiary/aromatic N) is 2. The standard InChI is InChI=1S/C41H41Cl2F2N3O8S/c42-33-20-46-21-34(43)32(33)19-36(29-12-15-35(56-41(44)45)37(18-29)53-24-25-8-9-25)55-39(49)28-10-13-31(14-11-28)57(51,52)47-38(27-6-2-1-3-7-27)40(50)54-30-17-26-5-4-16-48(22-26)23-30/h1-3,6-7,10-15,18,20-21,25-26,30,36,38,41,47H,4-5,8-9,16-17,19,22-24H2/t26?,30-,36+,38?/m1/s1. The van der Waals surface area contributed by atoms with Gasteiger partial charge in [-0.3, -0.25) is 9.88 Å². The van der Waals surface area contributed by atoms with E-state index in [1.54, 1.807) is 30.3 Å². The number of alkyl halides is 2. The van der Waals surface area contributed by atoms with Crippen molar-refractivity contribution < 1.29 is 45.7 Å². The van der Waals surface area contributed by atoms with E-state index in [9.17, 15) is 26.8 Å². The predicted octanol–water partition coefficient (Wildman–Crippen LogP) is 7.97. The smallest absolute Gasteiger partial charge is 0.387 e. The second-order valence-corrected chi connectivity index (χ2v) is 17.1. The molecule has 1 N–H and O–H groups in total. The Kier molecular flexibility index (Phi) is 12.9. The zero-order valence-electron chi connectivity index (χ0n) is 30.7. The molecule has 1 aromatic heterocycles. The third-order valence-corrected chi connectivity index (χ3v) is 12.4. The van der Waals surface area contributed by atoms with Gasteiger partial charge in [-0.25, -0.2) is 18.0 Å². The van der Waals surface area contributed by atoms with Gasteiger partial charge in [-0.2, -0.15) is 13.5 Å². The predicted molar refractivity (Wildman–Crippen MR) is 207 cm³/mol. The first-order valence-corrected chi connectivity index (χ1v) is 21.0. The number of benzene rings is 3. The molecule has 57 heavy (non-hydrogen) atoms. The largest absolute Gasteiger partial charge is 0.489 e. The highest BCUT2D eigenvalue weighted by Crippen LogP contribution is 2.38. The maximum atomic E-state index is 13.8. The maximum Gasteiger partial charge on any atom is 0.387 e. The third kappa shape index (κ3) is 10.6. The lowest BCUT2D eigenvalue weighted by Crippen LogP contribution is -2.49. The Bertz CT molecular complexity index is 2130. The molecule has 3 aromatic carbocycles.